The Morgan fingerprint density at radius 3 is 2.26 bits per heavy atom. The Bertz CT molecular complexity index is 910. The SMILES string of the molecule is CCC(C(N)=O)C(CF)C(=O)C(C)NC(=O)C1CCCN1C(=O)C(C)NC(=O)c1ccccc1. The number of hydrogen-bond donors (Lipinski definition) is 3. The van der Waals surface area contributed by atoms with E-state index >= 15 is 0 Å². The lowest BCUT2D eigenvalue weighted by atomic mass is 9.84. The summed E-state index contributed by atoms with van der Waals surface area (Å²) in [5.41, 5.74) is 5.71. The van der Waals surface area contributed by atoms with Gasteiger partial charge >= 0.3 is 0 Å². The predicted molar refractivity (Wildman–Crippen MR) is 123 cm³/mol. The molecule has 0 bridgehead atoms. The first-order chi connectivity index (χ1) is 16.1. The molecule has 4 amide bonds. The Labute approximate surface area is 198 Å². The number of nitrogens with one attached hydrogen (secondary N) is 2. The number of ketones is 1. The van der Waals surface area contributed by atoms with E-state index in [0.29, 0.717) is 24.9 Å². The second-order valence-electron chi connectivity index (χ2n) is 8.56. The fourth-order valence-corrected chi connectivity index (χ4v) is 4.25. The molecular weight excluding hydrogens is 443 g/mol. The maximum atomic E-state index is 13.6. The fourth-order valence-electron chi connectivity index (χ4n) is 4.25. The molecule has 9 nitrogen and oxygen atoms in total. The van der Waals surface area contributed by atoms with Crippen LogP contribution < -0.4 is 16.4 Å². The number of rotatable bonds is 11. The van der Waals surface area contributed by atoms with Crippen LogP contribution >= 0.6 is 0 Å². The minimum atomic E-state index is -1.24. The number of likely N-dealkylation sites (tertiary alicyclic amines) is 1. The summed E-state index contributed by atoms with van der Waals surface area (Å²) < 4.78 is 13.6. The largest absolute Gasteiger partial charge is 0.369 e. The van der Waals surface area contributed by atoms with Gasteiger partial charge in [-0.05, 0) is 45.2 Å². The zero-order valence-electron chi connectivity index (χ0n) is 19.8. The van der Waals surface area contributed by atoms with Crippen LogP contribution in [0.25, 0.3) is 0 Å². The Morgan fingerprint density at radius 1 is 1.06 bits per heavy atom. The summed E-state index contributed by atoms with van der Waals surface area (Å²) in [6.07, 6.45) is 1.18. The monoisotopic (exact) mass is 476 g/mol. The summed E-state index contributed by atoms with van der Waals surface area (Å²) in [5, 5.41) is 5.20. The Kier molecular flexibility index (Phi) is 9.70. The standard InChI is InChI=1S/C24H33FN4O5/c1-4-17(21(26)31)18(13-25)20(30)14(2)27-23(33)19-11-8-12-29(19)24(34)15(3)28-22(32)16-9-6-5-7-10-16/h5-7,9-10,14-15,17-19H,4,8,11-13H2,1-3H3,(H2,26,31)(H,27,33)(H,28,32). The van der Waals surface area contributed by atoms with Crippen molar-refractivity contribution in [1.82, 2.24) is 15.5 Å². The van der Waals surface area contributed by atoms with Crippen molar-refractivity contribution in [3.63, 3.8) is 0 Å². The van der Waals surface area contributed by atoms with Gasteiger partial charge in [0, 0.05) is 18.0 Å². The summed E-state index contributed by atoms with van der Waals surface area (Å²) in [6.45, 7) is 3.86. The highest BCUT2D eigenvalue weighted by atomic mass is 19.1. The van der Waals surface area contributed by atoms with Gasteiger partial charge in [0.15, 0.2) is 5.78 Å². The van der Waals surface area contributed by atoms with Gasteiger partial charge in [-0.2, -0.15) is 0 Å². The van der Waals surface area contributed by atoms with Crippen molar-refractivity contribution in [2.75, 3.05) is 13.2 Å². The van der Waals surface area contributed by atoms with Crippen LogP contribution in [0.2, 0.25) is 0 Å². The number of carbonyl (C=O) groups excluding carboxylic acids is 5. The maximum absolute atomic E-state index is 13.6. The van der Waals surface area contributed by atoms with E-state index in [-0.39, 0.29) is 6.42 Å². The highest BCUT2D eigenvalue weighted by Crippen LogP contribution is 2.21. The second-order valence-corrected chi connectivity index (χ2v) is 8.56. The minimum absolute atomic E-state index is 0.202. The molecule has 0 spiro atoms. The van der Waals surface area contributed by atoms with Crippen molar-refractivity contribution in [2.45, 2.75) is 58.2 Å². The molecule has 0 saturated carbocycles. The summed E-state index contributed by atoms with van der Waals surface area (Å²) in [4.78, 5) is 63.9. The first kappa shape index (κ1) is 26.9. The molecule has 1 aliphatic rings. The Balaban J connectivity index is 2.02. The van der Waals surface area contributed by atoms with Gasteiger partial charge in [-0.25, -0.2) is 0 Å². The zero-order valence-corrected chi connectivity index (χ0v) is 19.8. The summed E-state index contributed by atoms with van der Waals surface area (Å²) in [5.74, 6) is -4.96. The highest BCUT2D eigenvalue weighted by Gasteiger charge is 2.39. The van der Waals surface area contributed by atoms with Crippen molar-refractivity contribution in [2.24, 2.45) is 17.6 Å². The number of nitrogens with two attached hydrogens (primary N) is 1. The average Bonchev–Trinajstić information content (AvgIpc) is 3.31. The molecule has 186 valence electrons. The molecule has 5 atom stereocenters. The summed E-state index contributed by atoms with van der Waals surface area (Å²) >= 11 is 0. The zero-order chi connectivity index (χ0) is 25.4. The molecule has 5 unspecified atom stereocenters. The van der Waals surface area contributed by atoms with Crippen LogP contribution in [0, 0.1) is 11.8 Å². The molecular formula is C24H33FN4O5. The third-order valence-corrected chi connectivity index (χ3v) is 6.20. The number of nitrogens with zero attached hydrogens (tertiary/aromatic N) is 1. The molecule has 10 heteroatoms. The second kappa shape index (κ2) is 12.2. The number of Topliss-reactive ketones (excluding diaryl/α,β-unsaturated/α-hetero) is 1. The number of carbonyl (C=O) groups is 5. The van der Waals surface area contributed by atoms with E-state index in [9.17, 15) is 28.4 Å². The molecule has 0 aromatic heterocycles. The van der Waals surface area contributed by atoms with Crippen LogP contribution in [0.1, 0.15) is 50.4 Å². The van der Waals surface area contributed by atoms with Gasteiger partial charge in [0.2, 0.25) is 17.7 Å². The molecule has 2 rings (SSSR count). The van der Waals surface area contributed by atoms with E-state index in [1.165, 1.54) is 11.8 Å². The third-order valence-electron chi connectivity index (χ3n) is 6.20. The van der Waals surface area contributed by atoms with Crippen molar-refractivity contribution in [3.05, 3.63) is 35.9 Å². The van der Waals surface area contributed by atoms with Crippen LogP contribution in [0.4, 0.5) is 4.39 Å². The first-order valence-corrected chi connectivity index (χ1v) is 11.5. The van der Waals surface area contributed by atoms with Crippen LogP contribution in [-0.4, -0.2) is 65.7 Å². The minimum Gasteiger partial charge on any atom is -0.369 e. The molecule has 1 fully saturated rings. The maximum Gasteiger partial charge on any atom is 0.251 e. The number of amides is 4. The van der Waals surface area contributed by atoms with Gasteiger partial charge in [-0.3, -0.25) is 28.4 Å². The molecule has 0 radical (unpaired) electrons. The van der Waals surface area contributed by atoms with Gasteiger partial charge in [0.1, 0.15) is 12.1 Å². The lowest BCUT2D eigenvalue weighted by Crippen LogP contribution is -2.55. The van der Waals surface area contributed by atoms with E-state index in [0.717, 1.165) is 0 Å². The van der Waals surface area contributed by atoms with Gasteiger partial charge in [-0.1, -0.05) is 25.1 Å². The number of primary amides is 1. The number of benzene rings is 1. The summed E-state index contributed by atoms with van der Waals surface area (Å²) in [6, 6.07) is 5.71. The van der Waals surface area contributed by atoms with E-state index in [4.69, 9.17) is 5.73 Å². The number of halogens is 1. The lowest BCUT2D eigenvalue weighted by molar-refractivity contribution is -0.141. The molecule has 1 saturated heterocycles. The quantitative estimate of drug-likeness (QED) is 0.437. The first-order valence-electron chi connectivity index (χ1n) is 11.5. The van der Waals surface area contributed by atoms with Crippen molar-refractivity contribution < 1.29 is 28.4 Å². The molecule has 4 N–H and O–H groups in total. The fraction of sp³-hybridized carbons (Fsp3) is 0.542. The van der Waals surface area contributed by atoms with Crippen LogP contribution in [0.15, 0.2) is 30.3 Å². The van der Waals surface area contributed by atoms with Crippen molar-refractivity contribution in [1.29, 1.82) is 0 Å². The molecule has 34 heavy (non-hydrogen) atoms. The van der Waals surface area contributed by atoms with Crippen LogP contribution in [0.5, 0.6) is 0 Å². The van der Waals surface area contributed by atoms with Gasteiger partial charge in [0.25, 0.3) is 5.91 Å². The molecule has 1 aromatic carbocycles. The average molecular weight is 477 g/mol. The van der Waals surface area contributed by atoms with Gasteiger partial charge in [0.05, 0.1) is 18.6 Å². The van der Waals surface area contributed by atoms with E-state index in [1.807, 2.05) is 0 Å². The van der Waals surface area contributed by atoms with E-state index in [1.54, 1.807) is 44.2 Å². The van der Waals surface area contributed by atoms with E-state index in [2.05, 4.69) is 10.6 Å². The van der Waals surface area contributed by atoms with E-state index < -0.39 is 66.0 Å². The Hall–Kier alpha value is -3.30. The van der Waals surface area contributed by atoms with Crippen molar-refractivity contribution in [3.8, 4) is 0 Å². The van der Waals surface area contributed by atoms with Gasteiger partial charge < -0.3 is 21.3 Å². The topological polar surface area (TPSA) is 139 Å². The molecule has 1 aromatic rings. The smallest absolute Gasteiger partial charge is 0.251 e. The molecule has 1 aliphatic heterocycles. The number of alkyl halides is 1. The normalized spacial score (nSPS) is 18.9. The molecule has 1 heterocycles. The Morgan fingerprint density at radius 2 is 1.71 bits per heavy atom. The lowest BCUT2D eigenvalue weighted by Gasteiger charge is -2.29. The van der Waals surface area contributed by atoms with Crippen molar-refractivity contribution >= 4 is 29.4 Å². The number of hydrogen-bond acceptors (Lipinski definition) is 5. The van der Waals surface area contributed by atoms with Crippen LogP contribution in [0.3, 0.4) is 0 Å². The highest BCUT2D eigenvalue weighted by molar-refractivity contribution is 5.99. The van der Waals surface area contributed by atoms with Crippen LogP contribution in [-0.2, 0) is 19.2 Å². The van der Waals surface area contributed by atoms with Gasteiger partial charge in [-0.15, -0.1) is 0 Å². The third kappa shape index (κ3) is 6.39. The summed E-state index contributed by atoms with van der Waals surface area (Å²) in [7, 11) is 0. The predicted octanol–water partition coefficient (Wildman–Crippen LogP) is 0.967. The molecule has 0 aliphatic carbocycles.